The summed E-state index contributed by atoms with van der Waals surface area (Å²) in [5.74, 6) is 1.74. The molecule has 1 aromatic heterocycles. The van der Waals surface area contributed by atoms with Gasteiger partial charge < -0.3 is 9.88 Å². The Morgan fingerprint density at radius 3 is 2.86 bits per heavy atom. The standard InChI is InChI=1S/C17H30N4/c1-3-14(2)16-12-21(17(11-19-16)15-5-6-15)9-4-8-20-10-7-18-13-20/h7,10,13-17,19H,3-6,8-9,11-12H2,1-2H3. The van der Waals surface area contributed by atoms with E-state index in [0.717, 1.165) is 24.4 Å². The highest BCUT2D eigenvalue weighted by atomic mass is 15.2. The smallest absolute Gasteiger partial charge is 0.0945 e. The number of aryl methyl sites for hydroxylation is 1. The van der Waals surface area contributed by atoms with Gasteiger partial charge in [-0.15, -0.1) is 0 Å². The third-order valence-electron chi connectivity index (χ3n) is 5.41. The lowest BCUT2D eigenvalue weighted by Gasteiger charge is -2.42. The Morgan fingerprint density at radius 2 is 2.19 bits per heavy atom. The number of hydrogen-bond acceptors (Lipinski definition) is 3. The van der Waals surface area contributed by atoms with Crippen LogP contribution in [0.4, 0.5) is 0 Å². The zero-order valence-corrected chi connectivity index (χ0v) is 13.5. The topological polar surface area (TPSA) is 33.1 Å². The lowest BCUT2D eigenvalue weighted by molar-refractivity contribution is 0.0936. The molecule has 3 atom stereocenters. The van der Waals surface area contributed by atoms with Gasteiger partial charge in [-0.25, -0.2) is 4.98 Å². The van der Waals surface area contributed by atoms with Crippen molar-refractivity contribution in [3.05, 3.63) is 18.7 Å². The van der Waals surface area contributed by atoms with Crippen molar-refractivity contribution >= 4 is 0 Å². The molecule has 0 amide bonds. The molecule has 2 heterocycles. The van der Waals surface area contributed by atoms with E-state index in [4.69, 9.17) is 0 Å². The number of rotatable bonds is 7. The van der Waals surface area contributed by atoms with Crippen molar-refractivity contribution in [1.82, 2.24) is 19.8 Å². The Kier molecular flexibility index (Phi) is 4.96. The van der Waals surface area contributed by atoms with Crippen LogP contribution in [0.2, 0.25) is 0 Å². The second kappa shape index (κ2) is 6.93. The third kappa shape index (κ3) is 3.86. The zero-order valence-electron chi connectivity index (χ0n) is 13.5. The summed E-state index contributed by atoms with van der Waals surface area (Å²) < 4.78 is 2.19. The largest absolute Gasteiger partial charge is 0.337 e. The summed E-state index contributed by atoms with van der Waals surface area (Å²) in [6.45, 7) is 9.45. The van der Waals surface area contributed by atoms with E-state index in [1.54, 1.807) is 0 Å². The first kappa shape index (κ1) is 15.0. The maximum atomic E-state index is 4.13. The number of hydrogen-bond donors (Lipinski definition) is 1. The molecule has 0 radical (unpaired) electrons. The van der Waals surface area contributed by atoms with Gasteiger partial charge in [-0.3, -0.25) is 4.90 Å². The van der Waals surface area contributed by atoms with Gasteiger partial charge in [0.05, 0.1) is 6.33 Å². The van der Waals surface area contributed by atoms with Crippen LogP contribution in [0.5, 0.6) is 0 Å². The number of imidazole rings is 1. The molecule has 1 saturated carbocycles. The van der Waals surface area contributed by atoms with Gasteiger partial charge in [-0.2, -0.15) is 0 Å². The van der Waals surface area contributed by atoms with Crippen LogP contribution in [-0.4, -0.2) is 46.2 Å². The maximum Gasteiger partial charge on any atom is 0.0945 e. The molecule has 3 unspecified atom stereocenters. The molecule has 1 N–H and O–H groups in total. The fraction of sp³-hybridized carbons (Fsp3) is 0.824. The monoisotopic (exact) mass is 290 g/mol. The van der Waals surface area contributed by atoms with E-state index in [-0.39, 0.29) is 0 Å². The molecule has 1 aromatic rings. The first-order valence-electron chi connectivity index (χ1n) is 8.71. The first-order chi connectivity index (χ1) is 10.3. The summed E-state index contributed by atoms with van der Waals surface area (Å²) in [5.41, 5.74) is 0. The van der Waals surface area contributed by atoms with Gasteiger partial charge in [0.1, 0.15) is 0 Å². The highest BCUT2D eigenvalue weighted by Crippen LogP contribution is 2.36. The molecule has 0 bridgehead atoms. The average Bonchev–Trinajstić information content (AvgIpc) is 3.23. The summed E-state index contributed by atoms with van der Waals surface area (Å²) in [4.78, 5) is 6.91. The first-order valence-corrected chi connectivity index (χ1v) is 8.71. The Bertz CT molecular complexity index is 412. The minimum atomic E-state index is 0.679. The third-order valence-corrected chi connectivity index (χ3v) is 5.41. The van der Waals surface area contributed by atoms with E-state index in [1.165, 1.54) is 45.3 Å². The molecule has 0 spiro atoms. The van der Waals surface area contributed by atoms with E-state index in [2.05, 4.69) is 39.8 Å². The van der Waals surface area contributed by atoms with Crippen molar-refractivity contribution in [2.24, 2.45) is 11.8 Å². The Hall–Kier alpha value is -0.870. The second-order valence-electron chi connectivity index (χ2n) is 6.95. The van der Waals surface area contributed by atoms with Crippen molar-refractivity contribution in [2.75, 3.05) is 19.6 Å². The van der Waals surface area contributed by atoms with Crippen molar-refractivity contribution < 1.29 is 0 Å². The molecule has 1 aliphatic carbocycles. The van der Waals surface area contributed by atoms with Crippen LogP contribution in [0.3, 0.4) is 0 Å². The molecule has 118 valence electrons. The van der Waals surface area contributed by atoms with E-state index in [9.17, 15) is 0 Å². The number of piperazine rings is 1. The van der Waals surface area contributed by atoms with E-state index < -0.39 is 0 Å². The molecule has 1 saturated heterocycles. The molecule has 4 heteroatoms. The molecule has 2 aliphatic rings. The Labute approximate surface area is 128 Å². The van der Waals surface area contributed by atoms with Gasteiger partial charge in [0.2, 0.25) is 0 Å². The highest BCUT2D eigenvalue weighted by molar-refractivity contribution is 4.96. The highest BCUT2D eigenvalue weighted by Gasteiger charge is 2.39. The minimum Gasteiger partial charge on any atom is -0.337 e. The van der Waals surface area contributed by atoms with Gasteiger partial charge in [0.15, 0.2) is 0 Å². The lowest BCUT2D eigenvalue weighted by atomic mass is 9.94. The summed E-state index contributed by atoms with van der Waals surface area (Å²) in [6.07, 6.45) is 11.3. The van der Waals surface area contributed by atoms with Gasteiger partial charge in [0.25, 0.3) is 0 Å². The fourth-order valence-corrected chi connectivity index (χ4v) is 3.60. The Balaban J connectivity index is 1.52. The number of nitrogens with one attached hydrogen (secondary N) is 1. The lowest BCUT2D eigenvalue weighted by Crippen LogP contribution is -2.59. The predicted octanol–water partition coefficient (Wildman–Crippen LogP) is 2.37. The molecule has 0 aromatic carbocycles. The van der Waals surface area contributed by atoms with Crippen LogP contribution >= 0.6 is 0 Å². The fourth-order valence-electron chi connectivity index (χ4n) is 3.60. The predicted molar refractivity (Wildman–Crippen MR) is 86.2 cm³/mol. The van der Waals surface area contributed by atoms with Crippen LogP contribution in [0, 0.1) is 11.8 Å². The molecule has 2 fully saturated rings. The average molecular weight is 290 g/mol. The second-order valence-corrected chi connectivity index (χ2v) is 6.95. The molecular formula is C17H30N4. The zero-order chi connectivity index (χ0) is 14.7. The number of nitrogens with zero attached hydrogens (tertiary/aromatic N) is 3. The number of aromatic nitrogens is 2. The van der Waals surface area contributed by atoms with Crippen LogP contribution in [-0.2, 0) is 6.54 Å². The van der Waals surface area contributed by atoms with Crippen molar-refractivity contribution in [2.45, 2.75) is 58.2 Å². The molecule has 3 rings (SSSR count). The SMILES string of the molecule is CCC(C)C1CN(CCCn2ccnc2)C(C2CC2)CN1. The van der Waals surface area contributed by atoms with E-state index in [1.807, 2.05) is 12.5 Å². The van der Waals surface area contributed by atoms with Gasteiger partial charge in [0, 0.05) is 50.7 Å². The summed E-state index contributed by atoms with van der Waals surface area (Å²) in [5, 5.41) is 3.82. The summed E-state index contributed by atoms with van der Waals surface area (Å²) >= 11 is 0. The van der Waals surface area contributed by atoms with Crippen LogP contribution < -0.4 is 5.32 Å². The minimum absolute atomic E-state index is 0.679. The molecule has 1 aliphatic heterocycles. The quantitative estimate of drug-likeness (QED) is 0.837. The van der Waals surface area contributed by atoms with Crippen molar-refractivity contribution in [3.8, 4) is 0 Å². The van der Waals surface area contributed by atoms with Crippen LogP contribution in [0.1, 0.15) is 39.5 Å². The summed E-state index contributed by atoms with van der Waals surface area (Å²) in [6, 6.07) is 1.46. The molecular weight excluding hydrogens is 260 g/mol. The normalized spacial score (nSPS) is 28.7. The van der Waals surface area contributed by atoms with Crippen molar-refractivity contribution in [1.29, 1.82) is 0 Å². The van der Waals surface area contributed by atoms with Gasteiger partial charge in [-0.05, 0) is 31.1 Å². The Morgan fingerprint density at radius 1 is 1.33 bits per heavy atom. The summed E-state index contributed by atoms with van der Waals surface area (Å²) in [7, 11) is 0. The van der Waals surface area contributed by atoms with Gasteiger partial charge in [-0.1, -0.05) is 20.3 Å². The van der Waals surface area contributed by atoms with Crippen LogP contribution in [0.15, 0.2) is 18.7 Å². The van der Waals surface area contributed by atoms with Gasteiger partial charge >= 0.3 is 0 Å². The van der Waals surface area contributed by atoms with Crippen LogP contribution in [0.25, 0.3) is 0 Å². The van der Waals surface area contributed by atoms with Crippen molar-refractivity contribution in [3.63, 3.8) is 0 Å². The molecule has 4 nitrogen and oxygen atoms in total. The molecule has 21 heavy (non-hydrogen) atoms. The maximum absolute atomic E-state index is 4.13. The van der Waals surface area contributed by atoms with E-state index in [0.29, 0.717) is 6.04 Å². The van der Waals surface area contributed by atoms with E-state index >= 15 is 0 Å².